The van der Waals surface area contributed by atoms with E-state index in [9.17, 15) is 9.59 Å². The molecule has 4 nitrogen and oxygen atoms in total. The van der Waals surface area contributed by atoms with Crippen LogP contribution >= 0.6 is 23.4 Å². The molecule has 0 saturated carbocycles. The molecule has 0 bridgehead atoms. The van der Waals surface area contributed by atoms with E-state index < -0.39 is 6.04 Å². The highest BCUT2D eigenvalue weighted by atomic mass is 35.5. The first-order chi connectivity index (χ1) is 9.43. The van der Waals surface area contributed by atoms with Crippen molar-refractivity contribution >= 4 is 35.2 Å². The topological polar surface area (TPSA) is 40.6 Å². The van der Waals surface area contributed by atoms with E-state index in [1.165, 1.54) is 16.7 Å². The zero-order valence-electron chi connectivity index (χ0n) is 11.7. The Labute approximate surface area is 128 Å². The van der Waals surface area contributed by atoms with Gasteiger partial charge in [0.05, 0.1) is 5.75 Å². The zero-order chi connectivity index (χ0) is 14.9. The first kappa shape index (κ1) is 15.2. The Kier molecular flexibility index (Phi) is 4.60. The molecule has 0 N–H and O–H groups in total. The van der Waals surface area contributed by atoms with Crippen LogP contribution in [0.4, 0.5) is 0 Å². The van der Waals surface area contributed by atoms with Gasteiger partial charge < -0.3 is 9.80 Å². The minimum atomic E-state index is -0.492. The summed E-state index contributed by atoms with van der Waals surface area (Å²) in [6, 6.07) is 6.96. The maximum Gasteiger partial charge on any atom is 0.244 e. The molecule has 20 heavy (non-hydrogen) atoms. The number of amides is 2. The van der Waals surface area contributed by atoms with Crippen LogP contribution in [0.3, 0.4) is 0 Å². The average Bonchev–Trinajstić information content (AvgIpc) is 2.79. The number of carbonyl (C=O) groups is 2. The van der Waals surface area contributed by atoms with E-state index in [2.05, 4.69) is 0 Å². The van der Waals surface area contributed by atoms with Crippen molar-refractivity contribution in [3.05, 3.63) is 34.9 Å². The second-order valence-electron chi connectivity index (χ2n) is 4.89. The van der Waals surface area contributed by atoms with Gasteiger partial charge in [0.2, 0.25) is 11.8 Å². The zero-order valence-corrected chi connectivity index (χ0v) is 13.2. The molecule has 0 aliphatic carbocycles. The fraction of sp³-hybridized carbons (Fsp3) is 0.429. The number of hydrogen-bond acceptors (Lipinski definition) is 3. The lowest BCUT2D eigenvalue weighted by Gasteiger charge is -2.31. The summed E-state index contributed by atoms with van der Waals surface area (Å²) in [5.41, 5.74) is 0.878. The van der Waals surface area contributed by atoms with Gasteiger partial charge in [-0.2, -0.15) is 0 Å². The standard InChI is InChI=1S/C14H17ClN2O2S/c1-9(13(19)16(2)3)17-12(18)8-20-14(17)10-6-4-5-7-11(10)15/h4-7,9,14H,8H2,1-3H3/t9-,14+/m1/s1. The van der Waals surface area contributed by atoms with Crippen LogP contribution < -0.4 is 0 Å². The Morgan fingerprint density at radius 3 is 2.70 bits per heavy atom. The predicted octanol–water partition coefficient (Wildman–Crippen LogP) is 2.39. The SMILES string of the molecule is C[C@H](C(=O)N(C)C)N1C(=O)CS[C@H]1c1ccccc1Cl. The molecule has 1 aromatic rings. The molecule has 1 heterocycles. The number of thioether (sulfide) groups is 1. The fourth-order valence-corrected chi connectivity index (χ4v) is 3.86. The first-order valence-corrected chi connectivity index (χ1v) is 7.74. The molecule has 0 unspecified atom stereocenters. The predicted molar refractivity (Wildman–Crippen MR) is 81.7 cm³/mol. The molecular formula is C14H17ClN2O2S. The summed E-state index contributed by atoms with van der Waals surface area (Å²) in [4.78, 5) is 27.4. The Morgan fingerprint density at radius 1 is 1.45 bits per heavy atom. The van der Waals surface area contributed by atoms with Crippen LogP contribution in [0.1, 0.15) is 17.9 Å². The molecule has 1 fully saturated rings. The molecule has 2 amide bonds. The van der Waals surface area contributed by atoms with Gasteiger partial charge in [0.25, 0.3) is 0 Å². The molecule has 108 valence electrons. The molecule has 0 radical (unpaired) electrons. The lowest BCUT2D eigenvalue weighted by Crippen LogP contribution is -2.46. The van der Waals surface area contributed by atoms with Gasteiger partial charge in [0, 0.05) is 24.7 Å². The minimum Gasteiger partial charge on any atom is -0.347 e. The Morgan fingerprint density at radius 2 is 2.10 bits per heavy atom. The minimum absolute atomic E-state index is 0.0254. The van der Waals surface area contributed by atoms with Crippen LogP contribution in [0.25, 0.3) is 0 Å². The molecule has 1 aromatic carbocycles. The van der Waals surface area contributed by atoms with Crippen LogP contribution in [0, 0.1) is 0 Å². The number of carbonyl (C=O) groups excluding carboxylic acids is 2. The summed E-state index contributed by atoms with van der Waals surface area (Å²) in [7, 11) is 3.38. The van der Waals surface area contributed by atoms with E-state index in [1.807, 2.05) is 18.2 Å². The van der Waals surface area contributed by atoms with Crippen molar-refractivity contribution in [2.75, 3.05) is 19.8 Å². The van der Waals surface area contributed by atoms with Crippen LogP contribution in [0.5, 0.6) is 0 Å². The Hall–Kier alpha value is -1.20. The summed E-state index contributed by atoms with van der Waals surface area (Å²) in [6.07, 6.45) is 0. The van der Waals surface area contributed by atoms with Gasteiger partial charge >= 0.3 is 0 Å². The number of halogens is 1. The lowest BCUT2D eigenvalue weighted by molar-refractivity contribution is -0.142. The third-order valence-corrected chi connectivity index (χ3v) is 4.85. The summed E-state index contributed by atoms with van der Waals surface area (Å²) in [6.45, 7) is 1.76. The van der Waals surface area contributed by atoms with Gasteiger partial charge in [0.1, 0.15) is 11.4 Å². The highest BCUT2D eigenvalue weighted by Crippen LogP contribution is 2.42. The largest absolute Gasteiger partial charge is 0.347 e. The molecular weight excluding hydrogens is 296 g/mol. The van der Waals surface area contributed by atoms with E-state index >= 15 is 0 Å². The Balaban J connectivity index is 2.32. The van der Waals surface area contributed by atoms with E-state index in [4.69, 9.17) is 11.6 Å². The van der Waals surface area contributed by atoms with Crippen molar-refractivity contribution in [1.82, 2.24) is 9.80 Å². The molecule has 0 spiro atoms. The van der Waals surface area contributed by atoms with Crippen molar-refractivity contribution in [1.29, 1.82) is 0 Å². The summed E-state index contributed by atoms with van der Waals surface area (Å²) in [5.74, 6) is 0.265. The second-order valence-corrected chi connectivity index (χ2v) is 6.37. The van der Waals surface area contributed by atoms with Crippen LogP contribution in [0.2, 0.25) is 5.02 Å². The van der Waals surface area contributed by atoms with Crippen molar-refractivity contribution in [3.63, 3.8) is 0 Å². The summed E-state index contributed by atoms with van der Waals surface area (Å²) >= 11 is 7.72. The number of likely N-dealkylation sites (N-methyl/N-ethyl adjacent to an activating group) is 1. The highest BCUT2D eigenvalue weighted by molar-refractivity contribution is 8.00. The maximum atomic E-state index is 12.1. The van der Waals surface area contributed by atoms with Crippen molar-refractivity contribution < 1.29 is 9.59 Å². The van der Waals surface area contributed by atoms with Gasteiger partial charge in [-0.15, -0.1) is 11.8 Å². The third-order valence-electron chi connectivity index (χ3n) is 3.29. The average molecular weight is 313 g/mol. The molecule has 1 aliphatic rings. The fourth-order valence-electron chi connectivity index (χ4n) is 2.26. The molecule has 2 rings (SSSR count). The van der Waals surface area contributed by atoms with E-state index in [0.717, 1.165) is 5.56 Å². The molecule has 1 saturated heterocycles. The number of nitrogens with zero attached hydrogens (tertiary/aromatic N) is 2. The van der Waals surface area contributed by atoms with Crippen LogP contribution in [-0.4, -0.2) is 47.5 Å². The van der Waals surface area contributed by atoms with E-state index in [-0.39, 0.29) is 17.2 Å². The van der Waals surface area contributed by atoms with Gasteiger partial charge in [-0.1, -0.05) is 29.8 Å². The smallest absolute Gasteiger partial charge is 0.244 e. The monoisotopic (exact) mass is 312 g/mol. The van der Waals surface area contributed by atoms with Gasteiger partial charge in [0.15, 0.2) is 0 Å². The number of hydrogen-bond donors (Lipinski definition) is 0. The summed E-state index contributed by atoms with van der Waals surface area (Å²) < 4.78 is 0. The van der Waals surface area contributed by atoms with Crippen molar-refractivity contribution in [2.45, 2.75) is 18.3 Å². The maximum absolute atomic E-state index is 12.1. The lowest BCUT2D eigenvalue weighted by atomic mass is 10.1. The second kappa shape index (κ2) is 6.06. The van der Waals surface area contributed by atoms with Crippen molar-refractivity contribution in [3.8, 4) is 0 Å². The van der Waals surface area contributed by atoms with E-state index in [0.29, 0.717) is 10.8 Å². The number of rotatable bonds is 3. The first-order valence-electron chi connectivity index (χ1n) is 6.32. The van der Waals surface area contributed by atoms with Gasteiger partial charge in [-0.05, 0) is 13.0 Å². The van der Waals surface area contributed by atoms with Gasteiger partial charge in [-0.25, -0.2) is 0 Å². The van der Waals surface area contributed by atoms with Crippen LogP contribution in [0.15, 0.2) is 24.3 Å². The van der Waals surface area contributed by atoms with Crippen LogP contribution in [-0.2, 0) is 9.59 Å². The normalized spacial score (nSPS) is 20.1. The van der Waals surface area contributed by atoms with Crippen molar-refractivity contribution in [2.24, 2.45) is 0 Å². The molecule has 2 atom stereocenters. The van der Waals surface area contributed by atoms with Gasteiger partial charge in [-0.3, -0.25) is 9.59 Å². The quantitative estimate of drug-likeness (QED) is 0.860. The molecule has 0 aromatic heterocycles. The number of benzene rings is 1. The van der Waals surface area contributed by atoms with E-state index in [1.54, 1.807) is 32.0 Å². The Bertz CT molecular complexity index is 536. The third kappa shape index (κ3) is 2.79. The molecule has 1 aliphatic heterocycles. The molecule has 6 heteroatoms. The highest BCUT2D eigenvalue weighted by Gasteiger charge is 2.39. The summed E-state index contributed by atoms with van der Waals surface area (Å²) in [5, 5.41) is 0.421.